The fourth-order valence-corrected chi connectivity index (χ4v) is 3.82. The fourth-order valence-electron chi connectivity index (χ4n) is 3.63. The lowest BCUT2D eigenvalue weighted by atomic mass is 9.95. The summed E-state index contributed by atoms with van der Waals surface area (Å²) in [5.41, 5.74) is 0.952. The molecule has 0 aromatic carbocycles. The zero-order valence-corrected chi connectivity index (χ0v) is 17.2. The van der Waals surface area contributed by atoms with E-state index in [2.05, 4.69) is 9.88 Å². The number of nitrogens with zero attached hydrogens (tertiary/aromatic N) is 6. The Bertz CT molecular complexity index is 818. The Hall–Kier alpha value is -2.06. The number of rotatable bonds is 6. The van der Waals surface area contributed by atoms with Crippen LogP contribution in [0.2, 0.25) is 0 Å². The quantitative estimate of drug-likeness (QED) is 0.712. The SMILES string of the molecule is CCN(CC)C(=O)C1CCN(Cn2nc(-c3cccnc3)n(C)c2=S)CC1. The minimum absolute atomic E-state index is 0.142. The van der Waals surface area contributed by atoms with Crippen molar-refractivity contribution in [3.8, 4) is 11.4 Å². The molecule has 1 aliphatic rings. The number of amides is 1. The van der Waals surface area contributed by atoms with Gasteiger partial charge in [-0.3, -0.25) is 14.7 Å². The molecule has 1 fully saturated rings. The van der Waals surface area contributed by atoms with Crippen molar-refractivity contribution in [2.45, 2.75) is 33.4 Å². The van der Waals surface area contributed by atoms with Gasteiger partial charge in [0.15, 0.2) is 10.6 Å². The Morgan fingerprint density at radius 3 is 2.59 bits per heavy atom. The number of hydrogen-bond acceptors (Lipinski definition) is 5. The standard InChI is InChI=1S/C19H28N6OS/c1-4-24(5-2)18(26)15-8-11-23(12-9-15)14-25-19(27)22(3)17(21-25)16-7-6-10-20-13-16/h6-7,10,13,15H,4-5,8-9,11-12,14H2,1-3H3. The molecule has 3 heterocycles. The van der Waals surface area contributed by atoms with Crippen molar-refractivity contribution >= 4 is 18.1 Å². The largest absolute Gasteiger partial charge is 0.343 e. The van der Waals surface area contributed by atoms with Crippen LogP contribution in [0.3, 0.4) is 0 Å². The lowest BCUT2D eigenvalue weighted by molar-refractivity contribution is -0.136. The highest BCUT2D eigenvalue weighted by atomic mass is 32.1. The van der Waals surface area contributed by atoms with Crippen molar-refractivity contribution < 1.29 is 4.79 Å². The van der Waals surface area contributed by atoms with Crippen molar-refractivity contribution in [3.63, 3.8) is 0 Å². The molecule has 27 heavy (non-hydrogen) atoms. The minimum Gasteiger partial charge on any atom is -0.343 e. The number of hydrogen-bond donors (Lipinski definition) is 0. The van der Waals surface area contributed by atoms with Crippen LogP contribution in [0, 0.1) is 10.7 Å². The van der Waals surface area contributed by atoms with Gasteiger partial charge >= 0.3 is 0 Å². The summed E-state index contributed by atoms with van der Waals surface area (Å²) in [4.78, 5) is 21.0. The first-order chi connectivity index (χ1) is 13.0. The Kier molecular flexibility index (Phi) is 6.38. The zero-order valence-electron chi connectivity index (χ0n) is 16.3. The predicted molar refractivity (Wildman–Crippen MR) is 107 cm³/mol. The van der Waals surface area contributed by atoms with Crippen LogP contribution in [0.15, 0.2) is 24.5 Å². The second-order valence-corrected chi connectivity index (χ2v) is 7.32. The molecule has 0 aliphatic carbocycles. The van der Waals surface area contributed by atoms with Gasteiger partial charge in [-0.25, -0.2) is 4.68 Å². The van der Waals surface area contributed by atoms with Crippen LogP contribution in [0.4, 0.5) is 0 Å². The van der Waals surface area contributed by atoms with Gasteiger partial charge in [0.1, 0.15) is 0 Å². The van der Waals surface area contributed by atoms with Gasteiger partial charge in [-0.15, -0.1) is 0 Å². The van der Waals surface area contributed by atoms with Gasteiger partial charge in [0.2, 0.25) is 5.91 Å². The molecular formula is C19H28N6OS. The van der Waals surface area contributed by atoms with E-state index in [-0.39, 0.29) is 5.92 Å². The molecule has 1 aliphatic heterocycles. The third-order valence-electron chi connectivity index (χ3n) is 5.31. The summed E-state index contributed by atoms with van der Waals surface area (Å²) in [7, 11) is 1.93. The van der Waals surface area contributed by atoms with Gasteiger partial charge in [0, 0.05) is 57.1 Å². The van der Waals surface area contributed by atoms with Crippen LogP contribution in [0.5, 0.6) is 0 Å². The van der Waals surface area contributed by atoms with Gasteiger partial charge in [-0.1, -0.05) is 0 Å². The average molecular weight is 389 g/mol. The van der Waals surface area contributed by atoms with E-state index in [4.69, 9.17) is 17.3 Å². The maximum absolute atomic E-state index is 12.5. The van der Waals surface area contributed by atoms with Gasteiger partial charge in [0.05, 0.1) is 6.67 Å². The number of likely N-dealkylation sites (tertiary alicyclic amines) is 1. The molecule has 8 heteroatoms. The van der Waals surface area contributed by atoms with Gasteiger partial charge in [0.25, 0.3) is 0 Å². The molecule has 3 rings (SSSR count). The summed E-state index contributed by atoms with van der Waals surface area (Å²) in [5, 5.41) is 4.70. The first kappa shape index (κ1) is 19.7. The van der Waals surface area contributed by atoms with Crippen LogP contribution in [-0.2, 0) is 18.5 Å². The maximum atomic E-state index is 12.5. The Balaban J connectivity index is 1.65. The lowest BCUT2D eigenvalue weighted by Crippen LogP contribution is -2.43. The van der Waals surface area contributed by atoms with E-state index in [1.54, 1.807) is 12.4 Å². The second-order valence-electron chi connectivity index (χ2n) is 6.95. The summed E-state index contributed by atoms with van der Waals surface area (Å²) in [5.74, 6) is 1.26. The monoisotopic (exact) mass is 388 g/mol. The van der Waals surface area contributed by atoms with Crippen molar-refractivity contribution in [2.75, 3.05) is 26.2 Å². The van der Waals surface area contributed by atoms with E-state index < -0.39 is 0 Å². The van der Waals surface area contributed by atoms with E-state index in [0.717, 1.165) is 50.4 Å². The molecule has 2 aromatic heterocycles. The number of aromatic nitrogens is 4. The van der Waals surface area contributed by atoms with Crippen molar-refractivity contribution in [1.82, 2.24) is 29.1 Å². The van der Waals surface area contributed by atoms with Crippen molar-refractivity contribution in [1.29, 1.82) is 0 Å². The molecule has 0 N–H and O–H groups in total. The number of carbonyl (C=O) groups excluding carboxylic acids is 1. The highest BCUT2D eigenvalue weighted by Crippen LogP contribution is 2.21. The Labute approximate surface area is 165 Å². The number of carbonyl (C=O) groups is 1. The number of piperidine rings is 1. The molecule has 0 radical (unpaired) electrons. The molecule has 146 valence electrons. The highest BCUT2D eigenvalue weighted by Gasteiger charge is 2.27. The molecule has 0 spiro atoms. The average Bonchev–Trinajstić information content (AvgIpc) is 2.98. The fraction of sp³-hybridized carbons (Fsp3) is 0.579. The molecule has 0 atom stereocenters. The summed E-state index contributed by atoms with van der Waals surface area (Å²) < 4.78 is 4.47. The number of pyridine rings is 1. The van der Waals surface area contributed by atoms with E-state index in [0.29, 0.717) is 17.3 Å². The van der Waals surface area contributed by atoms with Crippen LogP contribution < -0.4 is 0 Å². The van der Waals surface area contributed by atoms with E-state index >= 15 is 0 Å². The summed E-state index contributed by atoms with van der Waals surface area (Å²) >= 11 is 5.57. The third-order valence-corrected chi connectivity index (χ3v) is 5.79. The first-order valence-corrected chi connectivity index (χ1v) is 10.0. The molecule has 0 bridgehead atoms. The maximum Gasteiger partial charge on any atom is 0.225 e. The second kappa shape index (κ2) is 8.75. The Morgan fingerprint density at radius 2 is 2.00 bits per heavy atom. The van der Waals surface area contributed by atoms with Gasteiger partial charge < -0.3 is 9.47 Å². The predicted octanol–water partition coefficient (Wildman–Crippen LogP) is 2.55. The summed E-state index contributed by atoms with van der Waals surface area (Å²) in [6, 6.07) is 3.88. The van der Waals surface area contributed by atoms with Crippen LogP contribution in [0.25, 0.3) is 11.4 Å². The summed E-state index contributed by atoms with van der Waals surface area (Å²) in [6.45, 7) is 8.08. The Morgan fingerprint density at radius 1 is 1.30 bits per heavy atom. The molecule has 0 saturated carbocycles. The highest BCUT2D eigenvalue weighted by molar-refractivity contribution is 7.71. The normalized spacial score (nSPS) is 15.8. The molecule has 1 saturated heterocycles. The van der Waals surface area contributed by atoms with E-state index in [1.807, 2.05) is 47.2 Å². The van der Waals surface area contributed by atoms with Crippen LogP contribution in [0.1, 0.15) is 26.7 Å². The third kappa shape index (κ3) is 4.27. The smallest absolute Gasteiger partial charge is 0.225 e. The lowest BCUT2D eigenvalue weighted by Gasteiger charge is -2.33. The van der Waals surface area contributed by atoms with Crippen LogP contribution >= 0.6 is 12.2 Å². The zero-order chi connectivity index (χ0) is 19.4. The van der Waals surface area contributed by atoms with E-state index in [9.17, 15) is 4.79 Å². The molecule has 1 amide bonds. The summed E-state index contributed by atoms with van der Waals surface area (Å²) in [6.07, 6.45) is 5.33. The minimum atomic E-state index is 0.142. The van der Waals surface area contributed by atoms with E-state index in [1.165, 1.54) is 0 Å². The molecule has 0 unspecified atom stereocenters. The van der Waals surface area contributed by atoms with Crippen LogP contribution in [-0.4, -0.2) is 61.2 Å². The topological polar surface area (TPSA) is 59.2 Å². The molecule has 7 nitrogen and oxygen atoms in total. The molecular weight excluding hydrogens is 360 g/mol. The first-order valence-electron chi connectivity index (χ1n) is 9.60. The van der Waals surface area contributed by atoms with Gasteiger partial charge in [-0.2, -0.15) is 5.10 Å². The molecule has 2 aromatic rings. The van der Waals surface area contributed by atoms with Crippen molar-refractivity contribution in [2.24, 2.45) is 13.0 Å². The van der Waals surface area contributed by atoms with Gasteiger partial charge in [-0.05, 0) is 51.0 Å². The van der Waals surface area contributed by atoms with Crippen molar-refractivity contribution in [3.05, 3.63) is 29.3 Å².